The van der Waals surface area contributed by atoms with Crippen LogP contribution in [0.4, 0.5) is 11.4 Å². The van der Waals surface area contributed by atoms with Crippen LogP contribution in [-0.4, -0.2) is 76.5 Å². The fourth-order valence-corrected chi connectivity index (χ4v) is 7.85. The molecule has 3 unspecified atom stereocenters. The van der Waals surface area contributed by atoms with E-state index in [-0.39, 0.29) is 48.8 Å². The summed E-state index contributed by atoms with van der Waals surface area (Å²) in [6.45, 7) is 8.39. The first-order chi connectivity index (χ1) is 20.3. The molecule has 0 aliphatic carbocycles. The van der Waals surface area contributed by atoms with Crippen LogP contribution in [0.1, 0.15) is 19.3 Å². The van der Waals surface area contributed by atoms with Gasteiger partial charge in [0.25, 0.3) is 5.91 Å². The topological polar surface area (TPSA) is 90.4 Å². The van der Waals surface area contributed by atoms with Crippen LogP contribution in [0.5, 0.6) is 0 Å². The number of para-hydroxylation sites is 1. The highest BCUT2D eigenvalue weighted by atomic mass is 79.9. The highest BCUT2D eigenvalue weighted by Gasteiger charge is 2.76. The van der Waals surface area contributed by atoms with E-state index in [0.29, 0.717) is 35.7 Å². The van der Waals surface area contributed by atoms with E-state index < -0.39 is 29.6 Å². The normalized spacial score (nSPS) is 27.5. The maximum absolute atomic E-state index is 14.6. The Morgan fingerprint density at radius 1 is 1.02 bits per heavy atom. The number of aliphatic hydroxyl groups excluding tert-OH is 1. The largest absolute Gasteiger partial charge is 0.396 e. The molecule has 5 rings (SSSR count). The Balaban J connectivity index is 1.57. The molecule has 3 aliphatic rings. The number of ether oxygens (including phenoxy) is 1. The van der Waals surface area contributed by atoms with Crippen molar-refractivity contribution in [2.45, 2.75) is 41.8 Å². The van der Waals surface area contributed by atoms with Gasteiger partial charge in [0.1, 0.15) is 11.6 Å². The Hall–Kier alpha value is -2.98. The first-order valence-corrected chi connectivity index (χ1v) is 15.5. The average Bonchev–Trinajstić information content (AvgIpc) is 3.58. The summed E-state index contributed by atoms with van der Waals surface area (Å²) in [6.07, 6.45) is 4.09. The number of amides is 3. The summed E-state index contributed by atoms with van der Waals surface area (Å²) < 4.78 is 6.69. The number of halogens is 2. The zero-order valence-corrected chi connectivity index (χ0v) is 25.6. The number of likely N-dealkylation sites (tertiary alicyclic amines) is 1. The number of alkyl halides is 1. The number of hydrogen-bond acceptors (Lipinski definition) is 5. The molecule has 222 valence electrons. The third-order valence-corrected chi connectivity index (χ3v) is 9.57. The monoisotopic (exact) mass is 655 g/mol. The Bertz CT molecular complexity index is 1340. The maximum atomic E-state index is 14.6. The van der Waals surface area contributed by atoms with Gasteiger partial charge in [0.2, 0.25) is 11.8 Å². The second-order valence-corrected chi connectivity index (χ2v) is 12.5. The second kappa shape index (κ2) is 12.7. The minimum absolute atomic E-state index is 0.0284. The van der Waals surface area contributed by atoms with E-state index in [0.717, 1.165) is 0 Å². The van der Waals surface area contributed by atoms with Gasteiger partial charge in [-0.25, -0.2) is 0 Å². The third-order valence-electron chi connectivity index (χ3n) is 8.48. The van der Waals surface area contributed by atoms with Crippen molar-refractivity contribution in [1.29, 1.82) is 0 Å². The molecule has 0 saturated carbocycles. The highest BCUT2D eigenvalue weighted by molar-refractivity contribution is 9.09. The summed E-state index contributed by atoms with van der Waals surface area (Å²) >= 11 is 9.87. The fraction of sp³-hybridized carbons (Fsp3) is 0.406. The Labute approximate surface area is 259 Å². The molecule has 2 aromatic rings. The number of carbonyl (C=O) groups is 3. The molecule has 42 heavy (non-hydrogen) atoms. The van der Waals surface area contributed by atoms with Crippen molar-refractivity contribution in [2.24, 2.45) is 11.8 Å². The first-order valence-electron chi connectivity index (χ1n) is 14.2. The minimum Gasteiger partial charge on any atom is -0.396 e. The number of anilines is 2. The van der Waals surface area contributed by atoms with Crippen LogP contribution >= 0.6 is 27.5 Å². The number of nitrogens with zero attached hydrogens (tertiary/aromatic N) is 3. The molecule has 6 atom stereocenters. The fourth-order valence-electron chi connectivity index (χ4n) is 6.79. The number of carbonyl (C=O) groups excluding carboxylic acids is 3. The molecule has 10 heteroatoms. The van der Waals surface area contributed by atoms with Crippen molar-refractivity contribution >= 4 is 56.6 Å². The molecule has 2 bridgehead atoms. The predicted octanol–water partition coefficient (Wildman–Crippen LogP) is 4.60. The van der Waals surface area contributed by atoms with Gasteiger partial charge in [-0.3, -0.25) is 14.4 Å². The van der Waals surface area contributed by atoms with Gasteiger partial charge < -0.3 is 24.5 Å². The van der Waals surface area contributed by atoms with Crippen LogP contribution in [0.2, 0.25) is 5.02 Å². The summed E-state index contributed by atoms with van der Waals surface area (Å²) in [5.41, 5.74) is 0.112. The lowest BCUT2D eigenvalue weighted by atomic mass is 9.70. The molecule has 3 saturated heterocycles. The van der Waals surface area contributed by atoms with Gasteiger partial charge in [0, 0.05) is 47.5 Å². The van der Waals surface area contributed by atoms with Gasteiger partial charge in [-0.2, -0.15) is 0 Å². The molecule has 3 aliphatic heterocycles. The van der Waals surface area contributed by atoms with Crippen molar-refractivity contribution < 1.29 is 24.2 Å². The smallest absolute Gasteiger partial charge is 0.253 e. The molecule has 0 aromatic heterocycles. The molecule has 2 aromatic carbocycles. The van der Waals surface area contributed by atoms with Crippen LogP contribution in [0.3, 0.4) is 0 Å². The van der Waals surface area contributed by atoms with Crippen LogP contribution < -0.4 is 9.80 Å². The predicted molar refractivity (Wildman–Crippen MR) is 167 cm³/mol. The van der Waals surface area contributed by atoms with Crippen LogP contribution in [0.25, 0.3) is 0 Å². The molecule has 3 heterocycles. The van der Waals surface area contributed by atoms with Gasteiger partial charge >= 0.3 is 0 Å². The van der Waals surface area contributed by atoms with E-state index in [9.17, 15) is 19.5 Å². The summed E-state index contributed by atoms with van der Waals surface area (Å²) in [6, 6.07) is 15.2. The van der Waals surface area contributed by atoms with Gasteiger partial charge in [-0.05, 0) is 55.7 Å². The number of hydrogen-bond donors (Lipinski definition) is 1. The van der Waals surface area contributed by atoms with Gasteiger partial charge in [-0.15, -0.1) is 13.2 Å². The molecule has 3 fully saturated rings. The van der Waals surface area contributed by atoms with Gasteiger partial charge in [0.05, 0.1) is 17.9 Å². The Morgan fingerprint density at radius 3 is 2.26 bits per heavy atom. The maximum Gasteiger partial charge on any atom is 0.253 e. The zero-order valence-electron chi connectivity index (χ0n) is 23.3. The van der Waals surface area contributed by atoms with Crippen molar-refractivity contribution in [3.63, 3.8) is 0 Å². The molecule has 1 N–H and O–H groups in total. The number of fused-ring (bicyclic) bond motifs is 1. The quantitative estimate of drug-likeness (QED) is 0.205. The van der Waals surface area contributed by atoms with E-state index in [1.807, 2.05) is 30.3 Å². The van der Waals surface area contributed by atoms with E-state index in [1.54, 1.807) is 51.1 Å². The van der Waals surface area contributed by atoms with E-state index in [2.05, 4.69) is 29.1 Å². The number of rotatable bonds is 12. The van der Waals surface area contributed by atoms with Gasteiger partial charge in [0.15, 0.2) is 0 Å². The van der Waals surface area contributed by atoms with Crippen molar-refractivity contribution in [1.82, 2.24) is 4.90 Å². The zero-order chi connectivity index (χ0) is 30.0. The second-order valence-electron chi connectivity index (χ2n) is 10.9. The summed E-state index contributed by atoms with van der Waals surface area (Å²) in [5, 5.41) is 9.99. The molecule has 8 nitrogen and oxygen atoms in total. The molecule has 1 spiro atoms. The van der Waals surface area contributed by atoms with E-state index in [1.165, 1.54) is 0 Å². The lowest BCUT2D eigenvalue weighted by molar-refractivity contribution is -0.140. The molecule has 0 radical (unpaired) electrons. The third kappa shape index (κ3) is 5.21. The summed E-state index contributed by atoms with van der Waals surface area (Å²) in [4.78, 5) is 47.8. The van der Waals surface area contributed by atoms with E-state index >= 15 is 0 Å². The Kier molecular flexibility index (Phi) is 9.23. The molecule has 3 amide bonds. The standard InChI is InChI=1S/C32H35BrClN3O5/c1-3-16-35(22-10-6-5-7-11-22)29(39)25-26-30(40)37(18-8-9-19-38)28(32(26)20-24(33)27(25)42-32)31(41)36(17-4-2)23-14-12-21(34)13-15-23/h3-7,10-15,24-28,38H,1-2,8-9,16-20H2/t24?,25-,26+,27-,28?,32?/m1/s1. The first kappa shape index (κ1) is 30.5. The molecular formula is C32H35BrClN3O5. The lowest BCUT2D eigenvalue weighted by Gasteiger charge is -2.37. The molecular weight excluding hydrogens is 622 g/mol. The number of benzene rings is 2. The van der Waals surface area contributed by atoms with Crippen molar-refractivity contribution in [3.05, 3.63) is 84.9 Å². The average molecular weight is 657 g/mol. The van der Waals surface area contributed by atoms with Gasteiger partial charge in [-0.1, -0.05) is 57.9 Å². The highest BCUT2D eigenvalue weighted by Crippen LogP contribution is 2.60. The van der Waals surface area contributed by atoms with E-state index in [4.69, 9.17) is 16.3 Å². The Morgan fingerprint density at radius 2 is 1.64 bits per heavy atom. The summed E-state index contributed by atoms with van der Waals surface area (Å²) in [7, 11) is 0. The van der Waals surface area contributed by atoms with Crippen LogP contribution in [0, 0.1) is 11.8 Å². The van der Waals surface area contributed by atoms with Crippen LogP contribution in [0.15, 0.2) is 79.9 Å². The van der Waals surface area contributed by atoms with Crippen LogP contribution in [-0.2, 0) is 19.1 Å². The number of aliphatic hydroxyl groups is 1. The summed E-state index contributed by atoms with van der Waals surface area (Å²) in [5.74, 6) is -2.44. The SMILES string of the molecule is C=CCN(C(=O)C1N(CCCCO)C(=O)[C@@H]2[C@@H](C(=O)N(CC=C)c3ccccc3)[C@@H]3OC12CC3Br)c1ccc(Cl)cc1. The minimum atomic E-state index is -1.20. The van der Waals surface area contributed by atoms with Crippen molar-refractivity contribution in [3.8, 4) is 0 Å². The lowest BCUT2D eigenvalue weighted by Crippen LogP contribution is -2.57. The van der Waals surface area contributed by atoms with Crippen molar-refractivity contribution in [2.75, 3.05) is 36.0 Å². The number of unbranched alkanes of at least 4 members (excludes halogenated alkanes) is 1.